The fourth-order valence-corrected chi connectivity index (χ4v) is 1.88. The van der Waals surface area contributed by atoms with Crippen molar-refractivity contribution < 1.29 is 4.79 Å². The topological polar surface area (TPSA) is 82.7 Å². The van der Waals surface area contributed by atoms with Gasteiger partial charge in [-0.3, -0.25) is 9.89 Å². The lowest BCUT2D eigenvalue weighted by Gasteiger charge is -2.21. The Kier molecular flexibility index (Phi) is 3.87. The number of piperidine rings is 1. The molecule has 1 saturated heterocycles. The highest BCUT2D eigenvalue weighted by molar-refractivity contribution is 5.78. The van der Waals surface area contributed by atoms with Crippen molar-refractivity contribution >= 4 is 5.91 Å². The lowest BCUT2D eigenvalue weighted by molar-refractivity contribution is -0.125. The number of H-pyrrole nitrogens is 1. The van der Waals surface area contributed by atoms with Crippen molar-refractivity contribution in [2.45, 2.75) is 19.3 Å². The van der Waals surface area contributed by atoms with E-state index in [0.29, 0.717) is 13.0 Å². The van der Waals surface area contributed by atoms with Gasteiger partial charge in [-0.05, 0) is 19.4 Å². The number of rotatable bonds is 4. The second-order valence-corrected chi connectivity index (χ2v) is 4.02. The zero-order valence-corrected chi connectivity index (χ0v) is 9.20. The molecule has 88 valence electrons. The summed E-state index contributed by atoms with van der Waals surface area (Å²) in [6.45, 7) is 2.44. The Morgan fingerprint density at radius 1 is 1.62 bits per heavy atom. The van der Waals surface area contributed by atoms with Gasteiger partial charge in [-0.1, -0.05) is 0 Å². The van der Waals surface area contributed by atoms with Crippen LogP contribution in [-0.2, 0) is 11.2 Å². The molecule has 6 heteroatoms. The zero-order chi connectivity index (χ0) is 11.2. The molecule has 16 heavy (non-hydrogen) atoms. The molecule has 0 spiro atoms. The molecule has 1 aliphatic rings. The van der Waals surface area contributed by atoms with E-state index in [4.69, 9.17) is 0 Å². The van der Waals surface area contributed by atoms with E-state index >= 15 is 0 Å². The maximum absolute atomic E-state index is 11.7. The molecule has 0 bridgehead atoms. The monoisotopic (exact) mass is 223 g/mol. The molecule has 0 aromatic carbocycles. The van der Waals surface area contributed by atoms with Crippen molar-refractivity contribution in [3.63, 3.8) is 0 Å². The second kappa shape index (κ2) is 5.60. The van der Waals surface area contributed by atoms with Gasteiger partial charge in [-0.2, -0.15) is 5.10 Å². The van der Waals surface area contributed by atoms with Crippen molar-refractivity contribution in [3.05, 3.63) is 12.2 Å². The Morgan fingerprint density at radius 3 is 3.25 bits per heavy atom. The summed E-state index contributed by atoms with van der Waals surface area (Å²) in [6, 6.07) is 0. The van der Waals surface area contributed by atoms with Gasteiger partial charge in [0.2, 0.25) is 5.91 Å². The highest BCUT2D eigenvalue weighted by Crippen LogP contribution is 2.09. The average molecular weight is 223 g/mol. The molecule has 1 amide bonds. The first kappa shape index (κ1) is 11.1. The number of hydrogen-bond acceptors (Lipinski definition) is 4. The lowest BCUT2D eigenvalue weighted by atomic mass is 9.99. The van der Waals surface area contributed by atoms with Crippen molar-refractivity contribution in [2.75, 3.05) is 19.6 Å². The molecule has 2 heterocycles. The van der Waals surface area contributed by atoms with Crippen LogP contribution < -0.4 is 10.6 Å². The van der Waals surface area contributed by atoms with Gasteiger partial charge in [-0.25, -0.2) is 4.98 Å². The van der Waals surface area contributed by atoms with Gasteiger partial charge < -0.3 is 10.6 Å². The standard InChI is InChI=1S/C10H17N5O/c16-10(8-2-1-4-11-6-8)12-5-3-9-13-7-14-15-9/h7-8,11H,1-6H2,(H,12,16)(H,13,14,15). The maximum Gasteiger partial charge on any atom is 0.224 e. The van der Waals surface area contributed by atoms with Crippen LogP contribution in [-0.4, -0.2) is 40.7 Å². The van der Waals surface area contributed by atoms with Crippen LogP contribution in [0.5, 0.6) is 0 Å². The van der Waals surface area contributed by atoms with Gasteiger partial charge in [0.05, 0.1) is 5.92 Å². The van der Waals surface area contributed by atoms with Gasteiger partial charge in [-0.15, -0.1) is 0 Å². The summed E-state index contributed by atoms with van der Waals surface area (Å²) < 4.78 is 0. The Hall–Kier alpha value is -1.43. The third-order valence-corrected chi connectivity index (χ3v) is 2.79. The molecule has 1 aromatic rings. The number of aromatic amines is 1. The molecule has 0 saturated carbocycles. The van der Waals surface area contributed by atoms with Crippen LogP contribution >= 0.6 is 0 Å². The molecular weight excluding hydrogens is 206 g/mol. The normalized spacial score (nSPS) is 20.6. The first-order chi connectivity index (χ1) is 7.86. The third-order valence-electron chi connectivity index (χ3n) is 2.79. The highest BCUT2D eigenvalue weighted by Gasteiger charge is 2.20. The van der Waals surface area contributed by atoms with Crippen LogP contribution in [0, 0.1) is 5.92 Å². The van der Waals surface area contributed by atoms with E-state index in [2.05, 4.69) is 25.8 Å². The third kappa shape index (κ3) is 3.03. The molecule has 1 fully saturated rings. The van der Waals surface area contributed by atoms with Gasteiger partial charge in [0.25, 0.3) is 0 Å². The number of amides is 1. The summed E-state index contributed by atoms with van der Waals surface area (Å²) in [5, 5.41) is 12.7. The molecule has 6 nitrogen and oxygen atoms in total. The summed E-state index contributed by atoms with van der Waals surface area (Å²) in [5.41, 5.74) is 0. The molecule has 1 aromatic heterocycles. The lowest BCUT2D eigenvalue weighted by Crippen LogP contribution is -2.41. The predicted molar refractivity (Wildman–Crippen MR) is 58.7 cm³/mol. The van der Waals surface area contributed by atoms with Gasteiger partial charge in [0.1, 0.15) is 12.2 Å². The van der Waals surface area contributed by atoms with E-state index in [-0.39, 0.29) is 11.8 Å². The first-order valence-electron chi connectivity index (χ1n) is 5.69. The summed E-state index contributed by atoms with van der Waals surface area (Å²) in [7, 11) is 0. The average Bonchev–Trinajstić information content (AvgIpc) is 2.83. The van der Waals surface area contributed by atoms with Crippen LogP contribution in [0.3, 0.4) is 0 Å². The van der Waals surface area contributed by atoms with E-state index in [0.717, 1.165) is 31.8 Å². The summed E-state index contributed by atoms with van der Waals surface area (Å²) in [6.07, 6.45) is 4.25. The van der Waals surface area contributed by atoms with Crippen molar-refractivity contribution in [1.29, 1.82) is 0 Å². The van der Waals surface area contributed by atoms with E-state index < -0.39 is 0 Å². The number of hydrogen-bond donors (Lipinski definition) is 3. The minimum Gasteiger partial charge on any atom is -0.355 e. The Labute approximate surface area is 94.2 Å². The fraction of sp³-hybridized carbons (Fsp3) is 0.700. The molecular formula is C10H17N5O. The van der Waals surface area contributed by atoms with Gasteiger partial charge in [0.15, 0.2) is 0 Å². The molecule has 0 aliphatic carbocycles. The number of carbonyl (C=O) groups excluding carboxylic acids is 1. The van der Waals surface area contributed by atoms with E-state index in [1.54, 1.807) is 0 Å². The summed E-state index contributed by atoms with van der Waals surface area (Å²) in [5.74, 6) is 1.08. The molecule has 3 N–H and O–H groups in total. The summed E-state index contributed by atoms with van der Waals surface area (Å²) in [4.78, 5) is 15.7. The smallest absolute Gasteiger partial charge is 0.224 e. The quantitative estimate of drug-likeness (QED) is 0.640. The van der Waals surface area contributed by atoms with Crippen LogP contribution in [0.25, 0.3) is 0 Å². The number of aromatic nitrogens is 3. The number of carbonyl (C=O) groups is 1. The minimum atomic E-state index is 0.128. The molecule has 1 aliphatic heterocycles. The van der Waals surface area contributed by atoms with E-state index in [1.165, 1.54) is 6.33 Å². The fourth-order valence-electron chi connectivity index (χ4n) is 1.88. The predicted octanol–water partition coefficient (Wildman–Crippen LogP) is -0.537. The Balaban J connectivity index is 1.67. The van der Waals surface area contributed by atoms with Crippen molar-refractivity contribution in [1.82, 2.24) is 25.8 Å². The largest absolute Gasteiger partial charge is 0.355 e. The maximum atomic E-state index is 11.7. The molecule has 0 radical (unpaired) electrons. The summed E-state index contributed by atoms with van der Waals surface area (Å²) >= 11 is 0. The Morgan fingerprint density at radius 2 is 2.56 bits per heavy atom. The second-order valence-electron chi connectivity index (χ2n) is 4.02. The van der Waals surface area contributed by atoms with Gasteiger partial charge >= 0.3 is 0 Å². The molecule has 1 atom stereocenters. The van der Waals surface area contributed by atoms with Crippen LogP contribution in [0.2, 0.25) is 0 Å². The van der Waals surface area contributed by atoms with Crippen molar-refractivity contribution in [3.8, 4) is 0 Å². The minimum absolute atomic E-state index is 0.128. The van der Waals surface area contributed by atoms with Gasteiger partial charge in [0, 0.05) is 19.5 Å². The SMILES string of the molecule is O=C(NCCc1ncn[nH]1)C1CCCNC1. The van der Waals surface area contributed by atoms with Crippen LogP contribution in [0.1, 0.15) is 18.7 Å². The zero-order valence-electron chi connectivity index (χ0n) is 9.20. The molecule has 1 unspecified atom stereocenters. The number of nitrogens with zero attached hydrogens (tertiary/aromatic N) is 2. The molecule has 2 rings (SSSR count). The van der Waals surface area contributed by atoms with E-state index in [1.807, 2.05) is 0 Å². The number of nitrogens with one attached hydrogen (secondary N) is 3. The first-order valence-corrected chi connectivity index (χ1v) is 5.69. The van der Waals surface area contributed by atoms with E-state index in [9.17, 15) is 4.79 Å². The van der Waals surface area contributed by atoms with Crippen molar-refractivity contribution in [2.24, 2.45) is 5.92 Å². The Bertz CT molecular complexity index is 318. The van der Waals surface area contributed by atoms with Crippen LogP contribution in [0.4, 0.5) is 0 Å². The highest BCUT2D eigenvalue weighted by atomic mass is 16.1. The van der Waals surface area contributed by atoms with Crippen LogP contribution in [0.15, 0.2) is 6.33 Å².